The van der Waals surface area contributed by atoms with E-state index in [-0.39, 0.29) is 5.69 Å². The summed E-state index contributed by atoms with van der Waals surface area (Å²) >= 11 is 1.47. The molecule has 0 N–H and O–H groups in total. The molecule has 0 radical (unpaired) electrons. The Bertz CT molecular complexity index is 1050. The number of aromatic nitrogens is 1. The molecule has 0 aliphatic rings. The van der Waals surface area contributed by atoms with E-state index in [9.17, 15) is 14.9 Å². The molecule has 0 atom stereocenters. The maximum Gasteiger partial charge on any atom is 0.279 e. The molecule has 3 aromatic rings. The maximum absolute atomic E-state index is 12.4. The Balaban J connectivity index is 2.08. The second-order valence-electron chi connectivity index (χ2n) is 5.75. The lowest BCUT2D eigenvalue weighted by Gasteiger charge is -2.03. The van der Waals surface area contributed by atoms with E-state index >= 15 is 0 Å². The van der Waals surface area contributed by atoms with Crippen LogP contribution in [-0.4, -0.2) is 15.4 Å². The van der Waals surface area contributed by atoms with Gasteiger partial charge in [0.1, 0.15) is 0 Å². The lowest BCUT2D eigenvalue weighted by atomic mass is 10.1. The fourth-order valence-corrected chi connectivity index (χ4v) is 3.76. The molecule has 0 fully saturated rings. The van der Waals surface area contributed by atoms with Crippen molar-refractivity contribution in [3.8, 4) is 0 Å². The topological polar surface area (TPSA) is 77.5 Å². The quantitative estimate of drug-likeness (QED) is 0.526. The fourth-order valence-electron chi connectivity index (χ4n) is 2.59. The second kappa shape index (κ2) is 6.60. The third-order valence-corrected chi connectivity index (χ3v) is 5.18. The second-order valence-corrected chi connectivity index (χ2v) is 6.76. The zero-order valence-electron chi connectivity index (χ0n) is 14.1. The molecule has 25 heavy (non-hydrogen) atoms. The summed E-state index contributed by atoms with van der Waals surface area (Å²) in [5.74, 6) is -0.405. The monoisotopic (exact) mass is 355 g/mol. The van der Waals surface area contributed by atoms with Crippen LogP contribution < -0.4 is 4.80 Å². The van der Waals surface area contributed by atoms with Gasteiger partial charge in [0.25, 0.3) is 11.6 Å². The Morgan fingerprint density at radius 3 is 2.44 bits per heavy atom. The average Bonchev–Trinajstić information content (AvgIpc) is 2.91. The minimum absolute atomic E-state index is 0.0482. The average molecular weight is 355 g/mol. The van der Waals surface area contributed by atoms with Gasteiger partial charge in [-0.2, -0.15) is 4.99 Å². The molecule has 0 saturated heterocycles. The van der Waals surface area contributed by atoms with Crippen LogP contribution in [0.4, 0.5) is 5.69 Å². The molecule has 0 unspecified atom stereocenters. The first-order valence-corrected chi connectivity index (χ1v) is 8.66. The summed E-state index contributed by atoms with van der Waals surface area (Å²) in [7, 11) is 0. The van der Waals surface area contributed by atoms with Crippen LogP contribution in [0.15, 0.2) is 41.4 Å². The van der Waals surface area contributed by atoms with Crippen molar-refractivity contribution in [3.05, 3.63) is 68.0 Å². The fraction of sp³-hybridized carbons (Fsp3) is 0.222. The third-order valence-electron chi connectivity index (χ3n) is 4.14. The van der Waals surface area contributed by atoms with Gasteiger partial charge in [-0.25, -0.2) is 0 Å². The van der Waals surface area contributed by atoms with Gasteiger partial charge >= 0.3 is 0 Å². The van der Waals surface area contributed by atoms with Crippen molar-refractivity contribution in [3.63, 3.8) is 0 Å². The molecule has 6 nitrogen and oxygen atoms in total. The van der Waals surface area contributed by atoms with Crippen LogP contribution in [0.1, 0.15) is 28.4 Å². The van der Waals surface area contributed by atoms with Crippen LogP contribution in [0.3, 0.4) is 0 Å². The Labute approximate surface area is 148 Å². The molecule has 1 heterocycles. The first kappa shape index (κ1) is 17.0. The molecule has 0 aliphatic heterocycles. The van der Waals surface area contributed by atoms with E-state index in [4.69, 9.17) is 0 Å². The van der Waals surface area contributed by atoms with E-state index in [1.807, 2.05) is 11.5 Å². The van der Waals surface area contributed by atoms with E-state index < -0.39 is 10.8 Å². The van der Waals surface area contributed by atoms with Gasteiger partial charge in [-0.15, -0.1) is 0 Å². The van der Waals surface area contributed by atoms with E-state index in [1.54, 1.807) is 0 Å². The van der Waals surface area contributed by atoms with Crippen LogP contribution in [-0.2, 0) is 6.54 Å². The number of fused-ring (bicyclic) bond motifs is 1. The molecule has 0 bridgehead atoms. The van der Waals surface area contributed by atoms with Gasteiger partial charge in [0.2, 0.25) is 0 Å². The summed E-state index contributed by atoms with van der Waals surface area (Å²) in [5, 5.41) is 10.7. The summed E-state index contributed by atoms with van der Waals surface area (Å²) in [6, 6.07) is 9.71. The zero-order chi connectivity index (χ0) is 18.1. The lowest BCUT2D eigenvalue weighted by molar-refractivity contribution is -0.384. The van der Waals surface area contributed by atoms with Gasteiger partial charge in [-0.3, -0.25) is 14.9 Å². The minimum Gasteiger partial charge on any atom is -0.317 e. The number of benzene rings is 2. The molecular weight excluding hydrogens is 338 g/mol. The SMILES string of the molecule is CCn1c(=NC(=O)c2ccc([N+](=O)[O-])cc2)sc2cc(C)c(C)cc21. The standard InChI is InChI=1S/C18H17N3O3S/c1-4-20-15-9-11(2)12(3)10-16(15)25-18(20)19-17(22)13-5-7-14(8-6-13)21(23)24/h5-10H,4H2,1-3H3. The van der Waals surface area contributed by atoms with Crippen molar-refractivity contribution in [2.75, 3.05) is 0 Å². The summed E-state index contributed by atoms with van der Waals surface area (Å²) in [6.45, 7) is 6.83. The Morgan fingerprint density at radius 2 is 1.84 bits per heavy atom. The van der Waals surface area contributed by atoms with Gasteiger partial charge < -0.3 is 4.57 Å². The van der Waals surface area contributed by atoms with Crippen LogP contribution in [0.25, 0.3) is 10.2 Å². The highest BCUT2D eigenvalue weighted by Gasteiger charge is 2.11. The van der Waals surface area contributed by atoms with Crippen molar-refractivity contribution in [2.24, 2.45) is 4.99 Å². The van der Waals surface area contributed by atoms with Crippen molar-refractivity contribution in [2.45, 2.75) is 27.3 Å². The van der Waals surface area contributed by atoms with E-state index in [1.165, 1.54) is 46.7 Å². The number of non-ortho nitro benzene ring substituents is 1. The molecule has 128 valence electrons. The number of carbonyl (C=O) groups excluding carboxylic acids is 1. The number of nitrogens with zero attached hydrogens (tertiary/aromatic N) is 3. The van der Waals surface area contributed by atoms with Gasteiger partial charge in [-0.05, 0) is 56.2 Å². The Hall–Kier alpha value is -2.80. The molecule has 0 saturated carbocycles. The highest BCUT2D eigenvalue weighted by atomic mass is 32.1. The number of rotatable bonds is 3. The van der Waals surface area contributed by atoms with Gasteiger partial charge in [-0.1, -0.05) is 11.3 Å². The minimum atomic E-state index is -0.493. The van der Waals surface area contributed by atoms with Crippen molar-refractivity contribution < 1.29 is 9.72 Å². The number of hydrogen-bond acceptors (Lipinski definition) is 4. The summed E-state index contributed by atoms with van der Waals surface area (Å²) in [5.41, 5.74) is 3.74. The number of hydrogen-bond donors (Lipinski definition) is 0. The Kier molecular flexibility index (Phi) is 4.50. The number of nitro benzene ring substituents is 1. The van der Waals surface area contributed by atoms with E-state index in [2.05, 4.69) is 31.0 Å². The van der Waals surface area contributed by atoms with E-state index in [0.717, 1.165) is 10.2 Å². The maximum atomic E-state index is 12.4. The number of amides is 1. The third kappa shape index (κ3) is 3.23. The zero-order valence-corrected chi connectivity index (χ0v) is 15.0. The molecule has 1 amide bonds. The number of carbonyl (C=O) groups is 1. The van der Waals surface area contributed by atoms with Gasteiger partial charge in [0, 0.05) is 24.2 Å². The van der Waals surface area contributed by atoms with Crippen molar-refractivity contribution >= 4 is 33.1 Å². The molecule has 7 heteroatoms. The summed E-state index contributed by atoms with van der Waals surface area (Å²) < 4.78 is 3.09. The molecule has 3 rings (SSSR count). The first-order chi connectivity index (χ1) is 11.9. The van der Waals surface area contributed by atoms with Crippen LogP contribution in [0, 0.1) is 24.0 Å². The largest absolute Gasteiger partial charge is 0.317 e. The number of aryl methyl sites for hydroxylation is 3. The van der Waals surface area contributed by atoms with Crippen LogP contribution >= 0.6 is 11.3 Å². The number of nitro groups is 1. The normalized spacial score (nSPS) is 11.9. The highest BCUT2D eigenvalue weighted by Crippen LogP contribution is 2.22. The Morgan fingerprint density at radius 1 is 1.20 bits per heavy atom. The van der Waals surface area contributed by atoms with Crippen molar-refractivity contribution in [1.82, 2.24) is 4.57 Å². The number of thiazole rings is 1. The summed E-state index contributed by atoms with van der Waals surface area (Å²) in [4.78, 5) is 27.5. The molecule has 2 aromatic carbocycles. The van der Waals surface area contributed by atoms with Gasteiger partial charge in [0.05, 0.1) is 15.1 Å². The molecular formula is C18H17N3O3S. The molecule has 0 aliphatic carbocycles. The predicted octanol–water partition coefficient (Wildman–Crippen LogP) is 3.99. The van der Waals surface area contributed by atoms with Gasteiger partial charge in [0.15, 0.2) is 4.80 Å². The van der Waals surface area contributed by atoms with Crippen LogP contribution in [0.5, 0.6) is 0 Å². The lowest BCUT2D eigenvalue weighted by Crippen LogP contribution is -2.16. The molecule has 1 aromatic heterocycles. The van der Waals surface area contributed by atoms with Crippen molar-refractivity contribution in [1.29, 1.82) is 0 Å². The first-order valence-electron chi connectivity index (χ1n) is 7.84. The van der Waals surface area contributed by atoms with Crippen LogP contribution in [0.2, 0.25) is 0 Å². The summed E-state index contributed by atoms with van der Waals surface area (Å²) in [6.07, 6.45) is 0. The molecule has 0 spiro atoms. The van der Waals surface area contributed by atoms with E-state index in [0.29, 0.717) is 16.9 Å². The predicted molar refractivity (Wildman–Crippen MR) is 98.0 cm³/mol. The highest BCUT2D eigenvalue weighted by molar-refractivity contribution is 7.16. The smallest absolute Gasteiger partial charge is 0.279 e.